The van der Waals surface area contributed by atoms with Crippen molar-refractivity contribution in [1.82, 2.24) is 0 Å². The van der Waals surface area contributed by atoms with E-state index in [1.807, 2.05) is 13.8 Å². The van der Waals surface area contributed by atoms with Gasteiger partial charge in [0.05, 0.1) is 7.11 Å². The number of nitrogens with two attached hydrogens (primary N) is 1. The smallest absolute Gasteiger partial charge is 0.317 e. The van der Waals surface area contributed by atoms with Crippen molar-refractivity contribution in [3.05, 3.63) is 11.8 Å². The molecule has 0 unspecified atom stereocenters. The predicted octanol–water partition coefficient (Wildman–Crippen LogP) is 0.617. The molecular formula is C10H15NO3. The van der Waals surface area contributed by atoms with Gasteiger partial charge in [-0.05, 0) is 11.8 Å². The molecule has 0 aliphatic heterocycles. The van der Waals surface area contributed by atoms with Crippen molar-refractivity contribution >= 4 is 11.8 Å². The first-order chi connectivity index (χ1) is 6.38. The summed E-state index contributed by atoms with van der Waals surface area (Å²) in [5.74, 6) is -1.46. The predicted molar refractivity (Wildman–Crippen MR) is 51.2 cm³/mol. The van der Waals surface area contributed by atoms with E-state index in [4.69, 9.17) is 5.73 Å². The zero-order chi connectivity index (χ0) is 10.9. The van der Waals surface area contributed by atoms with Gasteiger partial charge in [-0.3, -0.25) is 9.59 Å². The van der Waals surface area contributed by atoms with Crippen LogP contribution in [0.5, 0.6) is 0 Å². The van der Waals surface area contributed by atoms with Gasteiger partial charge in [-0.2, -0.15) is 0 Å². The molecule has 14 heavy (non-hydrogen) atoms. The highest BCUT2D eigenvalue weighted by atomic mass is 16.5. The minimum absolute atomic E-state index is 0.259. The summed E-state index contributed by atoms with van der Waals surface area (Å²) in [6.45, 7) is 3.68. The van der Waals surface area contributed by atoms with E-state index in [0.717, 1.165) is 0 Å². The molecule has 0 spiro atoms. The molecule has 0 saturated carbocycles. The summed E-state index contributed by atoms with van der Waals surface area (Å²) in [6.07, 6.45) is 1.87. The zero-order valence-corrected chi connectivity index (χ0v) is 8.66. The number of carbonyl (C=O) groups excluding carboxylic acids is 2. The van der Waals surface area contributed by atoms with Crippen LogP contribution < -0.4 is 5.73 Å². The van der Waals surface area contributed by atoms with Crippen LogP contribution in [0.3, 0.4) is 0 Å². The molecule has 0 aromatic rings. The standard InChI is InChI=1S/C10H15NO3/c1-10(2)5-6(11)4-7(12)8(10)9(13)14-3/h4,8H,5,11H2,1-3H3/t8-/m1/s1. The Labute approximate surface area is 83.1 Å². The van der Waals surface area contributed by atoms with Crippen molar-refractivity contribution in [1.29, 1.82) is 0 Å². The second kappa shape index (κ2) is 3.44. The maximum atomic E-state index is 11.6. The van der Waals surface area contributed by atoms with Crippen LogP contribution in [0.2, 0.25) is 0 Å². The summed E-state index contributed by atoms with van der Waals surface area (Å²) < 4.78 is 4.60. The van der Waals surface area contributed by atoms with Crippen molar-refractivity contribution in [2.75, 3.05) is 7.11 Å². The van der Waals surface area contributed by atoms with Gasteiger partial charge in [-0.15, -0.1) is 0 Å². The van der Waals surface area contributed by atoms with Gasteiger partial charge in [0.25, 0.3) is 0 Å². The Kier molecular flexibility index (Phi) is 2.64. The lowest BCUT2D eigenvalue weighted by molar-refractivity contribution is -0.153. The quantitative estimate of drug-likeness (QED) is 0.494. The number of methoxy groups -OCH3 is 1. The lowest BCUT2D eigenvalue weighted by atomic mass is 9.70. The second-order valence-corrected chi connectivity index (χ2v) is 4.24. The molecule has 2 N–H and O–H groups in total. The van der Waals surface area contributed by atoms with Gasteiger partial charge in [0, 0.05) is 11.8 Å². The minimum atomic E-state index is -0.722. The fourth-order valence-electron chi connectivity index (χ4n) is 1.88. The van der Waals surface area contributed by atoms with Crippen LogP contribution in [0.15, 0.2) is 11.8 Å². The molecule has 0 aromatic carbocycles. The number of hydrogen-bond donors (Lipinski definition) is 1. The average molecular weight is 197 g/mol. The molecule has 0 fully saturated rings. The van der Waals surface area contributed by atoms with E-state index in [9.17, 15) is 9.59 Å². The molecule has 1 aliphatic rings. The van der Waals surface area contributed by atoms with Crippen LogP contribution in [0.1, 0.15) is 20.3 Å². The molecule has 0 saturated heterocycles. The molecule has 0 amide bonds. The first kappa shape index (κ1) is 10.8. The summed E-state index contributed by atoms with van der Waals surface area (Å²) in [5.41, 5.74) is 5.67. The summed E-state index contributed by atoms with van der Waals surface area (Å²) in [5, 5.41) is 0. The summed E-state index contributed by atoms with van der Waals surface area (Å²) in [6, 6.07) is 0. The van der Waals surface area contributed by atoms with E-state index >= 15 is 0 Å². The number of ether oxygens (including phenoxy) is 1. The second-order valence-electron chi connectivity index (χ2n) is 4.24. The molecule has 78 valence electrons. The molecule has 1 rings (SSSR count). The fourth-order valence-corrected chi connectivity index (χ4v) is 1.88. The van der Waals surface area contributed by atoms with E-state index in [1.54, 1.807) is 0 Å². The van der Waals surface area contributed by atoms with Crippen LogP contribution in [-0.2, 0) is 14.3 Å². The Morgan fingerprint density at radius 1 is 1.64 bits per heavy atom. The Balaban J connectivity index is 3.04. The van der Waals surface area contributed by atoms with Gasteiger partial charge < -0.3 is 10.5 Å². The van der Waals surface area contributed by atoms with Crippen molar-refractivity contribution in [2.45, 2.75) is 20.3 Å². The Morgan fingerprint density at radius 3 is 2.64 bits per heavy atom. The Morgan fingerprint density at radius 2 is 2.21 bits per heavy atom. The molecule has 4 nitrogen and oxygen atoms in total. The van der Waals surface area contributed by atoms with E-state index in [2.05, 4.69) is 4.74 Å². The summed E-state index contributed by atoms with van der Waals surface area (Å²) >= 11 is 0. The van der Waals surface area contributed by atoms with Crippen molar-refractivity contribution in [3.63, 3.8) is 0 Å². The Bertz CT molecular complexity index is 304. The Hall–Kier alpha value is -1.32. The molecular weight excluding hydrogens is 182 g/mol. The molecule has 0 bridgehead atoms. The number of hydrogen-bond acceptors (Lipinski definition) is 4. The molecule has 4 heteroatoms. The normalized spacial score (nSPS) is 25.5. The van der Waals surface area contributed by atoms with Gasteiger partial charge in [-0.1, -0.05) is 13.8 Å². The van der Waals surface area contributed by atoms with Crippen LogP contribution in [-0.4, -0.2) is 18.9 Å². The third-order valence-electron chi connectivity index (χ3n) is 2.49. The highest BCUT2D eigenvalue weighted by Gasteiger charge is 2.43. The number of esters is 1. The van der Waals surface area contributed by atoms with Crippen molar-refractivity contribution < 1.29 is 14.3 Å². The van der Waals surface area contributed by atoms with E-state index in [-0.39, 0.29) is 5.78 Å². The third-order valence-corrected chi connectivity index (χ3v) is 2.49. The maximum absolute atomic E-state index is 11.6. The number of rotatable bonds is 1. The molecule has 1 atom stereocenters. The highest BCUT2D eigenvalue weighted by molar-refractivity contribution is 6.06. The van der Waals surface area contributed by atoms with Gasteiger partial charge in [0.1, 0.15) is 5.92 Å². The number of carbonyl (C=O) groups is 2. The van der Waals surface area contributed by atoms with Crippen LogP contribution in [0, 0.1) is 11.3 Å². The largest absolute Gasteiger partial charge is 0.468 e. The molecule has 0 heterocycles. The molecule has 0 radical (unpaired) electrons. The fraction of sp³-hybridized carbons (Fsp3) is 0.600. The SMILES string of the molecule is COC(=O)[C@H]1C(=O)C=C(N)CC1(C)C. The maximum Gasteiger partial charge on any atom is 0.317 e. The monoisotopic (exact) mass is 197 g/mol. The lowest BCUT2D eigenvalue weighted by Crippen LogP contribution is -2.41. The zero-order valence-electron chi connectivity index (χ0n) is 8.66. The molecule has 0 aromatic heterocycles. The lowest BCUT2D eigenvalue weighted by Gasteiger charge is -2.33. The third kappa shape index (κ3) is 1.78. The van der Waals surface area contributed by atoms with Gasteiger partial charge in [0.2, 0.25) is 0 Å². The summed E-state index contributed by atoms with van der Waals surface area (Å²) in [4.78, 5) is 22.9. The van der Waals surface area contributed by atoms with Crippen LogP contribution >= 0.6 is 0 Å². The summed E-state index contributed by atoms with van der Waals surface area (Å²) in [7, 11) is 1.29. The van der Waals surface area contributed by atoms with Gasteiger partial charge in [-0.25, -0.2) is 0 Å². The first-order valence-electron chi connectivity index (χ1n) is 4.46. The van der Waals surface area contributed by atoms with Gasteiger partial charge in [0.15, 0.2) is 5.78 Å². The first-order valence-corrected chi connectivity index (χ1v) is 4.46. The minimum Gasteiger partial charge on any atom is -0.468 e. The van der Waals surface area contributed by atoms with Crippen molar-refractivity contribution in [2.24, 2.45) is 17.1 Å². The number of ketones is 1. The highest BCUT2D eigenvalue weighted by Crippen LogP contribution is 2.37. The van der Waals surface area contributed by atoms with Crippen LogP contribution in [0.4, 0.5) is 0 Å². The van der Waals surface area contributed by atoms with E-state index < -0.39 is 17.3 Å². The van der Waals surface area contributed by atoms with E-state index in [0.29, 0.717) is 12.1 Å². The van der Waals surface area contributed by atoms with E-state index in [1.165, 1.54) is 13.2 Å². The number of allylic oxidation sites excluding steroid dienone is 2. The van der Waals surface area contributed by atoms with Crippen molar-refractivity contribution in [3.8, 4) is 0 Å². The van der Waals surface area contributed by atoms with Gasteiger partial charge >= 0.3 is 5.97 Å². The van der Waals surface area contributed by atoms with Crippen LogP contribution in [0.25, 0.3) is 0 Å². The average Bonchev–Trinajstić information content (AvgIpc) is 1.99. The topological polar surface area (TPSA) is 69.4 Å². The molecule has 1 aliphatic carbocycles.